The maximum absolute atomic E-state index is 10.9. The van der Waals surface area contributed by atoms with E-state index in [1.165, 1.54) is 11.3 Å². The Hall–Kier alpha value is -1.35. The number of aryl methyl sites for hydroxylation is 1. The van der Waals surface area contributed by atoms with Crippen molar-refractivity contribution in [1.29, 1.82) is 0 Å². The molecule has 2 aromatic rings. The van der Waals surface area contributed by atoms with E-state index in [1.807, 2.05) is 19.1 Å². The van der Waals surface area contributed by atoms with Crippen molar-refractivity contribution in [3.8, 4) is 5.06 Å². The second kappa shape index (κ2) is 3.42. The summed E-state index contributed by atoms with van der Waals surface area (Å²) >= 11 is 1.26. The van der Waals surface area contributed by atoms with Crippen LogP contribution in [0.25, 0.3) is 10.1 Å². The van der Waals surface area contributed by atoms with Gasteiger partial charge in [-0.15, -0.1) is 0 Å². The molecule has 1 aromatic carbocycles. The fourth-order valence-corrected chi connectivity index (χ4v) is 2.52. The Morgan fingerprint density at radius 3 is 2.93 bits per heavy atom. The van der Waals surface area contributed by atoms with E-state index in [1.54, 1.807) is 6.07 Å². The minimum Gasteiger partial charge on any atom is -0.499 e. The number of thiophene rings is 1. The minimum atomic E-state index is 0.261. The number of carbonyl (C=O) groups excluding carboxylic acids is 1. The zero-order valence-electron chi connectivity index (χ0n) is 7.78. The van der Waals surface area contributed by atoms with Gasteiger partial charge < -0.3 is 5.11 Å². The summed E-state index contributed by atoms with van der Waals surface area (Å²) < 4.78 is 0.886. The molecule has 1 heterocycles. The van der Waals surface area contributed by atoms with E-state index in [2.05, 4.69) is 0 Å². The van der Waals surface area contributed by atoms with Gasteiger partial charge in [0.2, 0.25) is 0 Å². The van der Waals surface area contributed by atoms with Crippen molar-refractivity contribution in [3.05, 3.63) is 29.3 Å². The van der Waals surface area contributed by atoms with Crippen molar-refractivity contribution in [3.63, 3.8) is 0 Å². The first-order valence-corrected chi connectivity index (χ1v) is 5.27. The van der Waals surface area contributed by atoms with Crippen LogP contribution in [0.3, 0.4) is 0 Å². The fourth-order valence-electron chi connectivity index (χ4n) is 1.59. The van der Waals surface area contributed by atoms with Crippen LogP contribution in [-0.2, 0) is 6.42 Å². The smallest absolute Gasteiger partial charge is 0.172 e. The molecule has 0 aliphatic carbocycles. The summed E-state index contributed by atoms with van der Waals surface area (Å²) in [7, 11) is 0. The molecule has 0 aliphatic rings. The summed E-state index contributed by atoms with van der Waals surface area (Å²) in [5, 5.41) is 10.5. The molecule has 0 saturated heterocycles. The predicted molar refractivity (Wildman–Crippen MR) is 58.3 cm³/mol. The summed E-state index contributed by atoms with van der Waals surface area (Å²) in [6.45, 7) is 2.02. The molecule has 0 aliphatic heterocycles. The lowest BCUT2D eigenvalue weighted by Gasteiger charge is -2.01. The zero-order chi connectivity index (χ0) is 10.1. The number of fused-ring (bicyclic) bond motifs is 1. The van der Waals surface area contributed by atoms with Crippen LogP contribution >= 0.6 is 11.3 Å². The molecule has 72 valence electrons. The highest BCUT2D eigenvalue weighted by Gasteiger charge is 2.08. The van der Waals surface area contributed by atoms with Crippen LogP contribution in [-0.4, -0.2) is 11.4 Å². The van der Waals surface area contributed by atoms with E-state index >= 15 is 0 Å². The molecule has 0 saturated carbocycles. The third-order valence-electron chi connectivity index (χ3n) is 2.30. The molecule has 0 fully saturated rings. The molecule has 2 rings (SSSR count). The van der Waals surface area contributed by atoms with Crippen molar-refractivity contribution in [2.24, 2.45) is 0 Å². The van der Waals surface area contributed by atoms with Gasteiger partial charge in [0.15, 0.2) is 11.3 Å². The minimum absolute atomic E-state index is 0.261. The molecular formula is C11H10O2S. The van der Waals surface area contributed by atoms with Gasteiger partial charge in [0.05, 0.1) is 0 Å². The monoisotopic (exact) mass is 206 g/mol. The molecule has 0 spiro atoms. The Labute approximate surface area is 85.8 Å². The van der Waals surface area contributed by atoms with Crippen LogP contribution in [0, 0.1) is 0 Å². The van der Waals surface area contributed by atoms with Crippen LogP contribution < -0.4 is 0 Å². The van der Waals surface area contributed by atoms with E-state index in [0.29, 0.717) is 0 Å². The Bertz CT molecular complexity index is 485. The molecule has 0 radical (unpaired) electrons. The summed E-state index contributed by atoms with van der Waals surface area (Å²) in [6, 6.07) is 5.57. The van der Waals surface area contributed by atoms with Crippen molar-refractivity contribution in [2.45, 2.75) is 13.3 Å². The zero-order valence-corrected chi connectivity index (χ0v) is 8.60. The number of carbonyl (C=O) groups is 1. The number of benzene rings is 1. The van der Waals surface area contributed by atoms with E-state index in [4.69, 9.17) is 0 Å². The second-order valence-corrected chi connectivity index (χ2v) is 4.14. The maximum Gasteiger partial charge on any atom is 0.172 e. The number of hydrogen-bond donors (Lipinski definition) is 1. The molecule has 0 atom stereocenters. The van der Waals surface area contributed by atoms with Crippen molar-refractivity contribution in [2.75, 3.05) is 0 Å². The van der Waals surface area contributed by atoms with Crippen LogP contribution in [0.4, 0.5) is 0 Å². The number of aromatic hydroxyl groups is 1. The summed E-state index contributed by atoms with van der Waals surface area (Å²) in [6.07, 6.45) is 1.71. The summed E-state index contributed by atoms with van der Waals surface area (Å²) in [4.78, 5) is 10.9. The van der Waals surface area contributed by atoms with Gasteiger partial charge in [-0.2, -0.15) is 0 Å². The Morgan fingerprint density at radius 1 is 1.50 bits per heavy atom. The Balaban J connectivity index is 2.82. The highest BCUT2D eigenvalue weighted by molar-refractivity contribution is 7.21. The molecule has 1 aromatic heterocycles. The van der Waals surface area contributed by atoms with Crippen LogP contribution in [0.5, 0.6) is 5.06 Å². The van der Waals surface area contributed by atoms with Gasteiger partial charge in [-0.1, -0.05) is 30.4 Å². The van der Waals surface area contributed by atoms with E-state index in [9.17, 15) is 9.90 Å². The first kappa shape index (κ1) is 9.21. The largest absolute Gasteiger partial charge is 0.499 e. The fraction of sp³-hybridized carbons (Fsp3) is 0.182. The standard InChI is InChI=1S/C11H10O2S/c1-2-7-3-4-8-5-10(13)14-11(8)9(7)6-12/h3-6,13H,2H2,1H3. The van der Waals surface area contributed by atoms with Gasteiger partial charge in [-0.3, -0.25) is 4.79 Å². The van der Waals surface area contributed by atoms with E-state index in [-0.39, 0.29) is 5.06 Å². The summed E-state index contributed by atoms with van der Waals surface area (Å²) in [5.41, 5.74) is 1.75. The van der Waals surface area contributed by atoms with Crippen molar-refractivity contribution in [1.82, 2.24) is 0 Å². The molecule has 0 bridgehead atoms. The topological polar surface area (TPSA) is 37.3 Å². The third kappa shape index (κ3) is 1.30. The second-order valence-electron chi connectivity index (χ2n) is 3.11. The highest BCUT2D eigenvalue weighted by Crippen LogP contribution is 2.33. The molecule has 3 heteroatoms. The van der Waals surface area contributed by atoms with Gasteiger partial charge in [0.1, 0.15) is 0 Å². The molecule has 2 nitrogen and oxygen atoms in total. The first-order valence-electron chi connectivity index (χ1n) is 4.45. The maximum atomic E-state index is 10.9. The summed E-state index contributed by atoms with van der Waals surface area (Å²) in [5.74, 6) is 0. The van der Waals surface area contributed by atoms with Gasteiger partial charge in [-0.05, 0) is 23.4 Å². The number of aldehydes is 1. The lowest BCUT2D eigenvalue weighted by Crippen LogP contribution is -1.89. The quantitative estimate of drug-likeness (QED) is 0.767. The van der Waals surface area contributed by atoms with Crippen molar-refractivity contribution >= 4 is 27.7 Å². The molecule has 14 heavy (non-hydrogen) atoms. The van der Waals surface area contributed by atoms with Crippen LogP contribution in [0.2, 0.25) is 0 Å². The number of rotatable bonds is 2. The normalized spacial score (nSPS) is 10.6. The lowest BCUT2D eigenvalue weighted by atomic mass is 10.0. The third-order valence-corrected chi connectivity index (χ3v) is 3.29. The predicted octanol–water partition coefficient (Wildman–Crippen LogP) is 2.98. The average molecular weight is 206 g/mol. The highest BCUT2D eigenvalue weighted by atomic mass is 32.1. The molecular weight excluding hydrogens is 196 g/mol. The number of hydrogen-bond acceptors (Lipinski definition) is 3. The van der Waals surface area contributed by atoms with Crippen LogP contribution in [0.1, 0.15) is 22.8 Å². The average Bonchev–Trinajstić information content (AvgIpc) is 2.56. The SMILES string of the molecule is CCc1ccc2cc(O)sc2c1C=O. The van der Waals surface area contributed by atoms with Gasteiger partial charge in [0, 0.05) is 10.3 Å². The van der Waals surface area contributed by atoms with Crippen molar-refractivity contribution < 1.29 is 9.90 Å². The van der Waals surface area contributed by atoms with Crippen LogP contribution in [0.15, 0.2) is 18.2 Å². The lowest BCUT2D eigenvalue weighted by molar-refractivity contribution is 0.112. The Morgan fingerprint density at radius 2 is 2.29 bits per heavy atom. The van der Waals surface area contributed by atoms with Gasteiger partial charge >= 0.3 is 0 Å². The first-order chi connectivity index (χ1) is 6.76. The molecule has 0 amide bonds. The van der Waals surface area contributed by atoms with E-state index in [0.717, 1.165) is 33.9 Å². The van der Waals surface area contributed by atoms with E-state index < -0.39 is 0 Å². The van der Waals surface area contributed by atoms with Gasteiger partial charge in [-0.25, -0.2) is 0 Å². The molecule has 1 N–H and O–H groups in total. The van der Waals surface area contributed by atoms with Gasteiger partial charge in [0.25, 0.3) is 0 Å². The molecule has 0 unspecified atom stereocenters. The Kier molecular flexibility index (Phi) is 2.25.